The molecule has 0 spiro atoms. The first-order valence-corrected chi connectivity index (χ1v) is 9.13. The van der Waals surface area contributed by atoms with Gasteiger partial charge in [0.2, 0.25) is 10.0 Å². The number of piperidine rings is 1. The van der Waals surface area contributed by atoms with Crippen molar-refractivity contribution in [3.05, 3.63) is 16.6 Å². The summed E-state index contributed by atoms with van der Waals surface area (Å²) in [7, 11) is -3.66. The van der Waals surface area contributed by atoms with Gasteiger partial charge in [0, 0.05) is 29.7 Å². The summed E-state index contributed by atoms with van der Waals surface area (Å²) in [6, 6.07) is 2.84. The highest BCUT2D eigenvalue weighted by molar-refractivity contribution is 9.10. The normalized spacial score (nSPS) is 22.6. The third-order valence-electron chi connectivity index (χ3n) is 3.71. The first-order valence-electron chi connectivity index (χ1n) is 6.90. The van der Waals surface area contributed by atoms with Crippen LogP contribution in [0.1, 0.15) is 12.8 Å². The topological polar surface area (TPSA) is 102 Å². The van der Waals surface area contributed by atoms with Crippen molar-refractivity contribution >= 4 is 37.5 Å². The minimum Gasteiger partial charge on any atom is -0.482 e. The van der Waals surface area contributed by atoms with Crippen molar-refractivity contribution in [2.45, 2.75) is 23.8 Å². The molecule has 2 aliphatic heterocycles. The van der Waals surface area contributed by atoms with Crippen molar-refractivity contribution < 1.29 is 17.9 Å². The zero-order chi connectivity index (χ0) is 15.9. The predicted octanol–water partition coefficient (Wildman–Crippen LogP) is 0.892. The van der Waals surface area contributed by atoms with E-state index in [0.29, 0.717) is 29.0 Å². The number of halogens is 1. The number of benzene rings is 1. The summed E-state index contributed by atoms with van der Waals surface area (Å²) in [4.78, 5) is 11.4. The fourth-order valence-corrected chi connectivity index (χ4v) is 5.16. The van der Waals surface area contributed by atoms with Gasteiger partial charge < -0.3 is 15.8 Å². The summed E-state index contributed by atoms with van der Waals surface area (Å²) < 4.78 is 32.7. The van der Waals surface area contributed by atoms with E-state index >= 15 is 0 Å². The van der Waals surface area contributed by atoms with E-state index in [4.69, 9.17) is 10.5 Å². The zero-order valence-corrected chi connectivity index (χ0v) is 14.1. The van der Waals surface area contributed by atoms with Crippen LogP contribution in [0.25, 0.3) is 0 Å². The third-order valence-corrected chi connectivity index (χ3v) is 6.53. The van der Waals surface area contributed by atoms with Crippen molar-refractivity contribution in [3.8, 4) is 5.75 Å². The summed E-state index contributed by atoms with van der Waals surface area (Å²) >= 11 is 3.27. The van der Waals surface area contributed by atoms with Crippen LogP contribution < -0.4 is 15.8 Å². The smallest absolute Gasteiger partial charge is 0.262 e. The van der Waals surface area contributed by atoms with Gasteiger partial charge in [0.25, 0.3) is 5.91 Å². The molecule has 1 atom stereocenters. The minimum atomic E-state index is -3.66. The Balaban J connectivity index is 1.98. The Labute approximate surface area is 137 Å². The van der Waals surface area contributed by atoms with Gasteiger partial charge in [-0.05, 0) is 34.8 Å². The number of hydrogen-bond donors (Lipinski definition) is 2. The van der Waals surface area contributed by atoms with E-state index in [1.165, 1.54) is 10.4 Å². The number of nitrogens with zero attached hydrogens (tertiary/aromatic N) is 1. The van der Waals surface area contributed by atoms with Crippen LogP contribution in [-0.2, 0) is 14.8 Å². The number of carbonyl (C=O) groups is 1. The van der Waals surface area contributed by atoms with Crippen molar-refractivity contribution in [3.63, 3.8) is 0 Å². The second-order valence-electron chi connectivity index (χ2n) is 5.38. The van der Waals surface area contributed by atoms with E-state index in [9.17, 15) is 13.2 Å². The Hall–Kier alpha value is -1.16. The van der Waals surface area contributed by atoms with Crippen LogP contribution in [-0.4, -0.2) is 44.4 Å². The lowest BCUT2D eigenvalue weighted by molar-refractivity contribution is -0.118. The number of fused-ring (bicyclic) bond motifs is 1. The van der Waals surface area contributed by atoms with Gasteiger partial charge in [0.05, 0.1) is 5.69 Å². The van der Waals surface area contributed by atoms with Crippen LogP contribution in [0.2, 0.25) is 0 Å². The summed E-state index contributed by atoms with van der Waals surface area (Å²) in [5.41, 5.74) is 6.33. The molecule has 1 aromatic carbocycles. The van der Waals surface area contributed by atoms with E-state index < -0.39 is 10.0 Å². The maximum absolute atomic E-state index is 12.8. The van der Waals surface area contributed by atoms with Crippen molar-refractivity contribution in [1.29, 1.82) is 0 Å². The van der Waals surface area contributed by atoms with Crippen LogP contribution >= 0.6 is 15.9 Å². The number of nitrogens with one attached hydrogen (secondary N) is 1. The molecule has 1 unspecified atom stereocenters. The predicted molar refractivity (Wildman–Crippen MR) is 84.2 cm³/mol. The number of anilines is 1. The Morgan fingerprint density at radius 3 is 2.91 bits per heavy atom. The maximum atomic E-state index is 12.8. The van der Waals surface area contributed by atoms with Crippen LogP contribution in [0.3, 0.4) is 0 Å². The standard InChI is InChI=1S/C13H16BrN3O4S/c14-9-4-10-11(21-7-13(18)16-10)5-12(9)22(19,20)17-3-1-2-8(15)6-17/h4-5,8H,1-3,6-7,15H2,(H,16,18). The van der Waals surface area contributed by atoms with Gasteiger partial charge in [-0.15, -0.1) is 0 Å². The molecule has 9 heteroatoms. The molecule has 1 aromatic rings. The summed E-state index contributed by atoms with van der Waals surface area (Å²) in [6.45, 7) is 0.642. The number of ether oxygens (including phenoxy) is 1. The lowest BCUT2D eigenvalue weighted by Crippen LogP contribution is -2.45. The number of rotatable bonds is 2. The molecular formula is C13H16BrN3O4S. The molecular weight excluding hydrogens is 374 g/mol. The van der Waals surface area contributed by atoms with Gasteiger partial charge in [-0.2, -0.15) is 4.31 Å². The van der Waals surface area contributed by atoms with E-state index in [1.807, 2.05) is 0 Å². The van der Waals surface area contributed by atoms with Crippen molar-refractivity contribution in [1.82, 2.24) is 4.31 Å². The first kappa shape index (κ1) is 15.7. The molecule has 1 fully saturated rings. The second kappa shape index (κ2) is 5.80. The zero-order valence-electron chi connectivity index (χ0n) is 11.7. The van der Waals surface area contributed by atoms with Crippen molar-refractivity contribution in [2.24, 2.45) is 5.73 Å². The molecule has 2 aliphatic rings. The molecule has 7 nitrogen and oxygen atoms in total. The van der Waals surface area contributed by atoms with Gasteiger partial charge in [-0.1, -0.05) is 0 Å². The average molecular weight is 390 g/mol. The fraction of sp³-hybridized carbons (Fsp3) is 0.462. The molecule has 1 amide bonds. The van der Waals surface area contributed by atoms with E-state index in [-0.39, 0.29) is 23.5 Å². The highest BCUT2D eigenvalue weighted by atomic mass is 79.9. The molecule has 22 heavy (non-hydrogen) atoms. The van der Waals surface area contributed by atoms with Crippen molar-refractivity contribution in [2.75, 3.05) is 25.0 Å². The SMILES string of the molecule is NC1CCCN(S(=O)(=O)c2cc3c(cc2Br)NC(=O)CO3)C1. The third kappa shape index (κ3) is 2.85. The molecule has 1 saturated heterocycles. The van der Waals surface area contributed by atoms with Gasteiger partial charge in [0.1, 0.15) is 10.6 Å². The van der Waals surface area contributed by atoms with Crippen LogP contribution in [0.5, 0.6) is 5.75 Å². The minimum absolute atomic E-state index is 0.122. The molecule has 3 N–H and O–H groups in total. The highest BCUT2D eigenvalue weighted by Gasteiger charge is 2.32. The van der Waals surface area contributed by atoms with Crippen LogP contribution in [0.4, 0.5) is 5.69 Å². The van der Waals surface area contributed by atoms with Gasteiger partial charge in [-0.25, -0.2) is 8.42 Å². The van der Waals surface area contributed by atoms with E-state index in [1.54, 1.807) is 6.07 Å². The Kier molecular flexibility index (Phi) is 4.15. The number of hydrogen-bond acceptors (Lipinski definition) is 5. The molecule has 2 heterocycles. The average Bonchev–Trinajstić information content (AvgIpc) is 2.46. The summed E-state index contributed by atoms with van der Waals surface area (Å²) in [6.07, 6.45) is 1.57. The highest BCUT2D eigenvalue weighted by Crippen LogP contribution is 2.37. The second-order valence-corrected chi connectivity index (χ2v) is 8.14. The Morgan fingerprint density at radius 2 is 2.18 bits per heavy atom. The fourth-order valence-electron chi connectivity index (χ4n) is 2.61. The van der Waals surface area contributed by atoms with Gasteiger partial charge in [0.15, 0.2) is 6.61 Å². The van der Waals surface area contributed by atoms with Gasteiger partial charge >= 0.3 is 0 Å². The van der Waals surface area contributed by atoms with Crippen LogP contribution in [0, 0.1) is 0 Å². The number of nitrogens with two attached hydrogens (primary N) is 1. The summed E-state index contributed by atoms with van der Waals surface area (Å²) in [5, 5.41) is 2.64. The Bertz CT molecular complexity index is 722. The first-order chi connectivity index (χ1) is 10.4. The molecule has 0 radical (unpaired) electrons. The van der Waals surface area contributed by atoms with Gasteiger partial charge in [-0.3, -0.25) is 4.79 Å². The molecule has 0 aromatic heterocycles. The monoisotopic (exact) mass is 389 g/mol. The Morgan fingerprint density at radius 1 is 1.41 bits per heavy atom. The van der Waals surface area contributed by atoms with E-state index in [0.717, 1.165) is 12.8 Å². The number of carbonyl (C=O) groups excluding carboxylic acids is 1. The molecule has 3 rings (SSSR count). The molecule has 0 aliphatic carbocycles. The maximum Gasteiger partial charge on any atom is 0.262 e. The van der Waals surface area contributed by atoms with Crippen LogP contribution in [0.15, 0.2) is 21.5 Å². The van der Waals surface area contributed by atoms with E-state index in [2.05, 4.69) is 21.2 Å². The molecule has 0 saturated carbocycles. The number of amides is 1. The molecule has 120 valence electrons. The quantitative estimate of drug-likeness (QED) is 0.781. The molecule has 0 bridgehead atoms. The lowest BCUT2D eigenvalue weighted by atomic mass is 10.1. The largest absolute Gasteiger partial charge is 0.482 e. The summed E-state index contributed by atoms with van der Waals surface area (Å²) in [5.74, 6) is 0.0831. The lowest BCUT2D eigenvalue weighted by Gasteiger charge is -2.30. The number of sulfonamides is 1.